The van der Waals surface area contributed by atoms with Crippen molar-refractivity contribution in [2.75, 3.05) is 13.1 Å². The Morgan fingerprint density at radius 2 is 2.00 bits per heavy atom. The van der Waals surface area contributed by atoms with Gasteiger partial charge in [-0.15, -0.1) is 11.3 Å². The van der Waals surface area contributed by atoms with Crippen LogP contribution in [0.2, 0.25) is 0 Å². The molecule has 24 heavy (non-hydrogen) atoms. The molecule has 1 aliphatic carbocycles. The summed E-state index contributed by atoms with van der Waals surface area (Å²) in [6, 6.07) is 8.24. The molecule has 1 saturated carbocycles. The normalized spacial score (nSPS) is 22.9. The lowest BCUT2D eigenvalue weighted by molar-refractivity contribution is 0.290. The van der Waals surface area contributed by atoms with Crippen molar-refractivity contribution in [3.63, 3.8) is 0 Å². The van der Waals surface area contributed by atoms with Crippen LogP contribution in [-0.2, 0) is 6.54 Å². The number of hydrogen-bond donors (Lipinski definition) is 1. The molecule has 3 aromatic rings. The fraction of sp³-hybridized carbons (Fsp3) is 0.333. The highest BCUT2D eigenvalue weighted by atomic mass is 32.1. The molecule has 0 radical (unpaired) electrons. The van der Waals surface area contributed by atoms with E-state index in [2.05, 4.69) is 14.9 Å². The molecule has 0 bridgehead atoms. The van der Waals surface area contributed by atoms with E-state index < -0.39 is 0 Å². The van der Waals surface area contributed by atoms with E-state index in [-0.39, 0.29) is 11.4 Å². The zero-order valence-electron chi connectivity index (χ0n) is 13.0. The van der Waals surface area contributed by atoms with Gasteiger partial charge in [0, 0.05) is 18.0 Å². The van der Waals surface area contributed by atoms with Crippen LogP contribution in [0.3, 0.4) is 0 Å². The Hall–Kier alpha value is -2.05. The summed E-state index contributed by atoms with van der Waals surface area (Å²) in [7, 11) is 0. The molecule has 0 spiro atoms. The predicted molar refractivity (Wildman–Crippen MR) is 92.5 cm³/mol. The molecule has 1 saturated heterocycles. The third kappa shape index (κ3) is 2.46. The molecule has 5 rings (SSSR count). The minimum Gasteiger partial charge on any atom is -0.308 e. The number of aromatic nitrogens is 2. The van der Waals surface area contributed by atoms with E-state index in [1.54, 1.807) is 12.1 Å². The first kappa shape index (κ1) is 14.3. The molecular weight excluding hydrogens is 325 g/mol. The van der Waals surface area contributed by atoms with Crippen molar-refractivity contribution in [1.82, 2.24) is 14.9 Å². The van der Waals surface area contributed by atoms with Gasteiger partial charge >= 0.3 is 0 Å². The minimum atomic E-state index is -0.262. The lowest BCUT2D eigenvalue weighted by atomic mass is 10.2. The van der Waals surface area contributed by atoms with Gasteiger partial charge in [-0.3, -0.25) is 9.69 Å². The maximum atomic E-state index is 13.1. The maximum absolute atomic E-state index is 13.1. The fourth-order valence-corrected chi connectivity index (χ4v) is 4.65. The lowest BCUT2D eigenvalue weighted by Gasteiger charge is -2.16. The van der Waals surface area contributed by atoms with Crippen LogP contribution in [0.15, 0.2) is 35.1 Å². The highest BCUT2D eigenvalue weighted by molar-refractivity contribution is 7.22. The second-order valence-electron chi connectivity index (χ2n) is 6.79. The molecule has 2 aliphatic rings. The summed E-state index contributed by atoms with van der Waals surface area (Å²) in [6.07, 6.45) is 1.37. The minimum absolute atomic E-state index is 0.0854. The van der Waals surface area contributed by atoms with E-state index in [9.17, 15) is 9.18 Å². The molecule has 1 aliphatic heterocycles. The largest absolute Gasteiger partial charge is 0.308 e. The van der Waals surface area contributed by atoms with Crippen molar-refractivity contribution in [3.8, 4) is 10.4 Å². The first-order valence-electron chi connectivity index (χ1n) is 8.17. The van der Waals surface area contributed by atoms with Gasteiger partial charge in [0.15, 0.2) is 0 Å². The summed E-state index contributed by atoms with van der Waals surface area (Å²) < 4.78 is 13.7. The summed E-state index contributed by atoms with van der Waals surface area (Å²) in [5.74, 6) is 2.21. The number of rotatable bonds is 3. The fourth-order valence-electron chi connectivity index (χ4n) is 3.66. The van der Waals surface area contributed by atoms with Crippen molar-refractivity contribution in [3.05, 3.63) is 52.3 Å². The van der Waals surface area contributed by atoms with Crippen molar-refractivity contribution in [1.29, 1.82) is 0 Å². The van der Waals surface area contributed by atoms with Gasteiger partial charge in [0.1, 0.15) is 16.3 Å². The second-order valence-corrected chi connectivity index (χ2v) is 7.85. The Bertz CT molecular complexity index is 968. The highest BCUT2D eigenvalue weighted by Crippen LogP contribution is 2.45. The zero-order valence-corrected chi connectivity index (χ0v) is 13.8. The number of nitrogens with zero attached hydrogens (tertiary/aromatic N) is 2. The average molecular weight is 341 g/mol. The summed E-state index contributed by atoms with van der Waals surface area (Å²) >= 11 is 1.40. The number of aromatic amines is 1. The first-order valence-corrected chi connectivity index (χ1v) is 8.98. The highest BCUT2D eigenvalue weighted by Gasteiger charge is 2.44. The van der Waals surface area contributed by atoms with E-state index in [1.165, 1.54) is 29.9 Å². The van der Waals surface area contributed by atoms with Gasteiger partial charge in [0.05, 0.1) is 12.1 Å². The Kier molecular flexibility index (Phi) is 3.11. The Morgan fingerprint density at radius 3 is 2.75 bits per heavy atom. The van der Waals surface area contributed by atoms with Crippen molar-refractivity contribution in [2.24, 2.45) is 11.8 Å². The third-order valence-corrected chi connectivity index (χ3v) is 6.16. The molecule has 0 amide bonds. The average Bonchev–Trinajstić information content (AvgIpc) is 2.97. The summed E-state index contributed by atoms with van der Waals surface area (Å²) in [6.45, 7) is 2.95. The molecular formula is C18H16FN3OS. The van der Waals surface area contributed by atoms with E-state index in [0.29, 0.717) is 11.2 Å². The van der Waals surface area contributed by atoms with E-state index >= 15 is 0 Å². The van der Waals surface area contributed by atoms with Crippen LogP contribution >= 0.6 is 11.3 Å². The molecule has 4 nitrogen and oxygen atoms in total. The molecule has 6 heteroatoms. The van der Waals surface area contributed by atoms with Gasteiger partial charge in [-0.25, -0.2) is 9.37 Å². The third-order valence-electron chi connectivity index (χ3n) is 4.99. The molecule has 2 fully saturated rings. The van der Waals surface area contributed by atoms with Crippen LogP contribution in [0.4, 0.5) is 4.39 Å². The van der Waals surface area contributed by atoms with E-state index in [0.717, 1.165) is 46.7 Å². The smallest absolute Gasteiger partial charge is 0.268 e. The number of nitrogens with one attached hydrogen (secondary N) is 1. The Balaban J connectivity index is 1.48. The molecule has 2 atom stereocenters. The SMILES string of the molecule is O=c1[nH]c(CN2CC3CC3C2)nc2cc(-c3ccc(F)cc3)sc12. The topological polar surface area (TPSA) is 49.0 Å². The van der Waals surface area contributed by atoms with Crippen LogP contribution in [0.25, 0.3) is 20.7 Å². The van der Waals surface area contributed by atoms with Crippen LogP contribution in [0, 0.1) is 17.7 Å². The molecule has 1 aromatic carbocycles. The summed E-state index contributed by atoms with van der Waals surface area (Å²) in [5.41, 5.74) is 1.54. The number of benzene rings is 1. The predicted octanol–water partition coefficient (Wildman–Crippen LogP) is 3.24. The number of hydrogen-bond acceptors (Lipinski definition) is 4. The van der Waals surface area contributed by atoms with Crippen LogP contribution < -0.4 is 5.56 Å². The van der Waals surface area contributed by atoms with Gasteiger partial charge in [-0.2, -0.15) is 0 Å². The second kappa shape index (κ2) is 5.22. The molecule has 2 unspecified atom stereocenters. The quantitative estimate of drug-likeness (QED) is 0.796. The van der Waals surface area contributed by atoms with Crippen molar-refractivity contribution < 1.29 is 4.39 Å². The van der Waals surface area contributed by atoms with Gasteiger partial charge < -0.3 is 4.98 Å². The van der Waals surface area contributed by atoms with Gasteiger partial charge in [-0.1, -0.05) is 12.1 Å². The monoisotopic (exact) mass is 341 g/mol. The van der Waals surface area contributed by atoms with E-state index in [4.69, 9.17) is 0 Å². The standard InChI is InChI=1S/C18H16FN3OS/c19-13-3-1-10(2-4-13)15-6-14-17(24-15)18(23)21-16(20-14)9-22-7-11-5-12(11)8-22/h1-4,6,11-12H,5,7-9H2,(H,20,21,23). The molecule has 2 aromatic heterocycles. The van der Waals surface area contributed by atoms with Crippen LogP contribution in [0.5, 0.6) is 0 Å². The Morgan fingerprint density at radius 1 is 1.25 bits per heavy atom. The summed E-state index contributed by atoms with van der Waals surface area (Å²) in [4.78, 5) is 23.3. The van der Waals surface area contributed by atoms with Gasteiger partial charge in [0.2, 0.25) is 0 Å². The number of H-pyrrole nitrogens is 1. The van der Waals surface area contributed by atoms with Crippen LogP contribution in [0.1, 0.15) is 12.2 Å². The van der Waals surface area contributed by atoms with Crippen molar-refractivity contribution in [2.45, 2.75) is 13.0 Å². The first-order chi connectivity index (χ1) is 11.7. The maximum Gasteiger partial charge on any atom is 0.268 e. The molecule has 3 heterocycles. The van der Waals surface area contributed by atoms with E-state index in [1.807, 2.05) is 6.07 Å². The number of piperidine rings is 1. The zero-order chi connectivity index (χ0) is 16.3. The van der Waals surface area contributed by atoms with Gasteiger partial charge in [-0.05, 0) is 42.0 Å². The van der Waals surface area contributed by atoms with Crippen LogP contribution in [-0.4, -0.2) is 28.0 Å². The number of thiophene rings is 1. The van der Waals surface area contributed by atoms with Gasteiger partial charge in [0.25, 0.3) is 5.56 Å². The molecule has 122 valence electrons. The number of fused-ring (bicyclic) bond motifs is 2. The summed E-state index contributed by atoms with van der Waals surface area (Å²) in [5, 5.41) is 0. The number of likely N-dealkylation sites (tertiary alicyclic amines) is 1. The number of halogens is 1. The Labute approximate surface area is 142 Å². The van der Waals surface area contributed by atoms with Crippen molar-refractivity contribution >= 4 is 21.6 Å². The lowest BCUT2D eigenvalue weighted by Crippen LogP contribution is -2.25. The molecule has 1 N–H and O–H groups in total.